The molecule has 184 valence electrons. The molecule has 3 N–H and O–H groups in total. The Labute approximate surface area is 191 Å². The summed E-state index contributed by atoms with van der Waals surface area (Å²) < 4.78 is 46.3. The average molecular weight is 489 g/mol. The number of hydrogen-bond donors (Lipinski definition) is 3. The van der Waals surface area contributed by atoms with Crippen molar-refractivity contribution in [2.45, 2.75) is 64.1 Å². The van der Waals surface area contributed by atoms with Crippen LogP contribution < -0.4 is 10.6 Å². The summed E-state index contributed by atoms with van der Waals surface area (Å²) in [5.74, 6) is 0.509. The fourth-order valence-electron chi connectivity index (χ4n) is 3.50. The second-order valence-corrected chi connectivity index (χ2v) is 9.88. The molecule has 0 unspecified atom stereocenters. The SMILES string of the molecule is C=C(NC[C@H](C)c1nnc([C@@H]2CC[C@@H]3CN2C(=O)N3OS(=O)(=O)O)o1)NC(=O)OC(C)(C)C. The van der Waals surface area contributed by atoms with E-state index in [1.165, 1.54) is 4.90 Å². The zero-order chi connectivity index (χ0) is 24.6. The Bertz CT molecular complexity index is 1020. The third kappa shape index (κ3) is 6.33. The quantitative estimate of drug-likeness (QED) is 0.451. The Morgan fingerprint density at radius 3 is 2.70 bits per heavy atom. The van der Waals surface area contributed by atoms with Crippen LogP contribution in [0, 0.1) is 0 Å². The number of carbonyl (C=O) groups excluding carboxylic acids is 2. The number of rotatable bonds is 8. The van der Waals surface area contributed by atoms with Crippen LogP contribution in [0.1, 0.15) is 64.3 Å². The summed E-state index contributed by atoms with van der Waals surface area (Å²) in [6.45, 7) is 11.3. The molecule has 0 aromatic carbocycles. The molecule has 2 aliphatic heterocycles. The molecule has 0 spiro atoms. The Morgan fingerprint density at radius 1 is 1.36 bits per heavy atom. The largest absolute Gasteiger partial charge is 0.444 e. The van der Waals surface area contributed by atoms with Crippen molar-refractivity contribution in [1.82, 2.24) is 30.8 Å². The molecule has 2 bridgehead atoms. The molecule has 3 heterocycles. The summed E-state index contributed by atoms with van der Waals surface area (Å²) in [6, 6.07) is -1.77. The monoisotopic (exact) mass is 488 g/mol. The van der Waals surface area contributed by atoms with Crippen molar-refractivity contribution in [2.75, 3.05) is 13.1 Å². The van der Waals surface area contributed by atoms with Gasteiger partial charge in [-0.15, -0.1) is 14.5 Å². The molecule has 3 atom stereocenters. The molecule has 14 nitrogen and oxygen atoms in total. The van der Waals surface area contributed by atoms with Gasteiger partial charge in [-0.1, -0.05) is 13.5 Å². The minimum atomic E-state index is -4.82. The van der Waals surface area contributed by atoms with Gasteiger partial charge < -0.3 is 19.4 Å². The van der Waals surface area contributed by atoms with E-state index in [1.807, 2.05) is 6.92 Å². The maximum absolute atomic E-state index is 12.5. The lowest BCUT2D eigenvalue weighted by atomic mass is 10.0. The number of carbonyl (C=O) groups is 2. The fourth-order valence-corrected chi connectivity index (χ4v) is 3.89. The van der Waals surface area contributed by atoms with Gasteiger partial charge in [0, 0.05) is 13.1 Å². The number of ether oxygens (including phenoxy) is 1. The van der Waals surface area contributed by atoms with Gasteiger partial charge in [-0.25, -0.2) is 9.59 Å². The van der Waals surface area contributed by atoms with Crippen molar-refractivity contribution >= 4 is 22.5 Å². The number of fused-ring (bicyclic) bond motifs is 2. The number of alkyl carbamates (subject to hydrolysis) is 1. The fraction of sp³-hybridized carbons (Fsp3) is 0.667. The number of nitrogens with zero attached hydrogens (tertiary/aromatic N) is 4. The van der Waals surface area contributed by atoms with Crippen molar-refractivity contribution in [3.8, 4) is 0 Å². The highest BCUT2D eigenvalue weighted by molar-refractivity contribution is 7.80. The lowest BCUT2D eigenvalue weighted by molar-refractivity contribution is -0.0317. The first-order valence-electron chi connectivity index (χ1n) is 10.3. The number of nitrogens with one attached hydrogen (secondary N) is 2. The van der Waals surface area contributed by atoms with Crippen LogP contribution in [-0.2, 0) is 19.4 Å². The van der Waals surface area contributed by atoms with Gasteiger partial charge in [0.05, 0.1) is 12.0 Å². The van der Waals surface area contributed by atoms with Crippen molar-refractivity contribution in [1.29, 1.82) is 0 Å². The number of urea groups is 1. The Kier molecular flexibility index (Phi) is 6.85. The second-order valence-electron chi connectivity index (χ2n) is 8.88. The van der Waals surface area contributed by atoms with Gasteiger partial charge >= 0.3 is 22.5 Å². The molecule has 2 saturated heterocycles. The second kappa shape index (κ2) is 9.15. The first-order valence-corrected chi connectivity index (χ1v) is 11.6. The Hall–Kier alpha value is -2.91. The average Bonchev–Trinajstić information content (AvgIpc) is 3.24. The van der Waals surface area contributed by atoms with Crippen LogP contribution in [0.3, 0.4) is 0 Å². The molecule has 0 aliphatic carbocycles. The van der Waals surface area contributed by atoms with Gasteiger partial charge in [0.1, 0.15) is 17.5 Å². The van der Waals surface area contributed by atoms with E-state index in [9.17, 15) is 18.0 Å². The minimum Gasteiger partial charge on any atom is -0.444 e. The lowest BCUT2D eigenvalue weighted by Crippen LogP contribution is -2.36. The van der Waals surface area contributed by atoms with Gasteiger partial charge in [-0.3, -0.25) is 9.87 Å². The molecule has 1 aromatic heterocycles. The van der Waals surface area contributed by atoms with E-state index in [1.54, 1.807) is 20.8 Å². The highest BCUT2D eigenvalue weighted by Gasteiger charge is 2.49. The summed E-state index contributed by atoms with van der Waals surface area (Å²) >= 11 is 0. The van der Waals surface area contributed by atoms with Crippen LogP contribution in [0.25, 0.3) is 0 Å². The van der Waals surface area contributed by atoms with Crippen LogP contribution >= 0.6 is 0 Å². The smallest absolute Gasteiger partial charge is 0.418 e. The predicted octanol–water partition coefficient (Wildman–Crippen LogP) is 1.43. The summed E-state index contributed by atoms with van der Waals surface area (Å²) in [6.07, 6.45) is 0.241. The zero-order valence-electron chi connectivity index (χ0n) is 18.8. The van der Waals surface area contributed by atoms with E-state index < -0.39 is 40.2 Å². The molecule has 2 aliphatic rings. The Morgan fingerprint density at radius 2 is 2.06 bits per heavy atom. The van der Waals surface area contributed by atoms with E-state index in [-0.39, 0.29) is 24.2 Å². The third-order valence-electron chi connectivity index (χ3n) is 4.93. The number of aromatic nitrogens is 2. The highest BCUT2D eigenvalue weighted by atomic mass is 32.3. The maximum Gasteiger partial charge on any atom is 0.418 e. The van der Waals surface area contributed by atoms with E-state index in [0.29, 0.717) is 30.3 Å². The molecule has 3 amide bonds. The topological polar surface area (TPSA) is 176 Å². The normalized spacial score (nSPS) is 21.7. The first-order chi connectivity index (χ1) is 15.2. The van der Waals surface area contributed by atoms with Gasteiger partial charge in [-0.2, -0.15) is 13.5 Å². The summed E-state index contributed by atoms with van der Waals surface area (Å²) in [5, 5.41) is 14.2. The van der Waals surface area contributed by atoms with Crippen LogP contribution in [0.2, 0.25) is 0 Å². The van der Waals surface area contributed by atoms with Gasteiger partial charge in [0.25, 0.3) is 0 Å². The van der Waals surface area contributed by atoms with Crippen LogP contribution in [-0.4, -0.2) is 70.0 Å². The molecule has 3 rings (SSSR count). The van der Waals surface area contributed by atoms with Crippen molar-refractivity contribution < 1.29 is 36.0 Å². The van der Waals surface area contributed by atoms with E-state index in [2.05, 4.69) is 31.7 Å². The molecule has 33 heavy (non-hydrogen) atoms. The molecule has 0 saturated carbocycles. The number of hydrogen-bond acceptors (Lipinski definition) is 10. The van der Waals surface area contributed by atoms with E-state index in [0.717, 1.165) is 0 Å². The standard InChI is InChI=1S/C18H28N6O8S/c1-10(8-19-11(2)20-16(25)31-18(3,4)5)14-21-22-15(30-14)13-7-6-12-9-23(13)17(26)24(12)32-33(27,28)29/h10,12-13,19H,2,6-9H2,1,3-5H3,(H,20,25)(H,27,28,29)/t10-,12+,13-/m0/s1. The minimum absolute atomic E-state index is 0.198. The number of hydroxylamine groups is 2. The van der Waals surface area contributed by atoms with Crippen LogP contribution in [0.15, 0.2) is 16.8 Å². The summed E-state index contributed by atoms with van der Waals surface area (Å²) in [7, 11) is -4.82. The lowest BCUT2D eigenvalue weighted by Gasteiger charge is -2.27. The number of amides is 3. The molecule has 1 aromatic rings. The van der Waals surface area contributed by atoms with Gasteiger partial charge in [0.2, 0.25) is 11.8 Å². The van der Waals surface area contributed by atoms with Crippen molar-refractivity contribution in [3.63, 3.8) is 0 Å². The third-order valence-corrected chi connectivity index (χ3v) is 5.28. The van der Waals surface area contributed by atoms with Gasteiger partial charge in [-0.05, 0) is 33.6 Å². The summed E-state index contributed by atoms with van der Waals surface area (Å²) in [5.41, 5.74) is -0.636. The maximum atomic E-state index is 12.5. The van der Waals surface area contributed by atoms with Crippen LogP contribution in [0.5, 0.6) is 0 Å². The molecular formula is C18H28N6O8S. The van der Waals surface area contributed by atoms with Crippen LogP contribution in [0.4, 0.5) is 9.59 Å². The molecular weight excluding hydrogens is 460 g/mol. The molecule has 15 heteroatoms. The van der Waals surface area contributed by atoms with Gasteiger partial charge in [0.15, 0.2) is 0 Å². The molecule has 0 radical (unpaired) electrons. The van der Waals surface area contributed by atoms with E-state index >= 15 is 0 Å². The highest BCUT2D eigenvalue weighted by Crippen LogP contribution is 2.38. The first kappa shape index (κ1) is 24.7. The van der Waals surface area contributed by atoms with Crippen molar-refractivity contribution in [2.24, 2.45) is 0 Å². The van der Waals surface area contributed by atoms with E-state index in [4.69, 9.17) is 13.7 Å². The zero-order valence-corrected chi connectivity index (χ0v) is 19.6. The Balaban J connectivity index is 1.56. The predicted molar refractivity (Wildman–Crippen MR) is 112 cm³/mol. The molecule has 2 fully saturated rings. The number of piperidine rings is 1. The van der Waals surface area contributed by atoms with Crippen molar-refractivity contribution in [3.05, 3.63) is 24.2 Å². The summed E-state index contributed by atoms with van der Waals surface area (Å²) in [4.78, 5) is 25.7.